The lowest BCUT2D eigenvalue weighted by Gasteiger charge is -2.34. The van der Waals surface area contributed by atoms with E-state index in [9.17, 15) is 14.7 Å². The number of nitrogens with one attached hydrogen (secondary N) is 1. The maximum atomic E-state index is 12.7. The SMILES string of the molecule is C=CCNC(=O)CN1CCN(C(=O)c2ccc(O)c(C(C)C)c2)CC1. The van der Waals surface area contributed by atoms with Crippen molar-refractivity contribution >= 4 is 11.8 Å². The van der Waals surface area contributed by atoms with Gasteiger partial charge in [-0.15, -0.1) is 6.58 Å². The second-order valence-electron chi connectivity index (χ2n) is 6.59. The molecule has 6 heteroatoms. The maximum Gasteiger partial charge on any atom is 0.253 e. The average Bonchev–Trinajstić information content (AvgIpc) is 2.60. The van der Waals surface area contributed by atoms with Gasteiger partial charge < -0.3 is 15.3 Å². The molecular weight excluding hydrogens is 318 g/mol. The number of rotatable bonds is 6. The highest BCUT2D eigenvalue weighted by atomic mass is 16.3. The number of phenols is 1. The smallest absolute Gasteiger partial charge is 0.253 e. The molecule has 1 heterocycles. The molecule has 1 aromatic carbocycles. The van der Waals surface area contributed by atoms with Crippen LogP contribution in [0.5, 0.6) is 5.75 Å². The van der Waals surface area contributed by atoms with Gasteiger partial charge in [-0.3, -0.25) is 14.5 Å². The molecule has 0 spiro atoms. The Kier molecular flexibility index (Phi) is 6.58. The first kappa shape index (κ1) is 19.0. The first-order valence-electron chi connectivity index (χ1n) is 8.64. The fraction of sp³-hybridized carbons (Fsp3) is 0.474. The summed E-state index contributed by atoms with van der Waals surface area (Å²) in [6.45, 7) is 10.9. The summed E-state index contributed by atoms with van der Waals surface area (Å²) in [5.41, 5.74) is 1.38. The van der Waals surface area contributed by atoms with Crippen LogP contribution in [0.2, 0.25) is 0 Å². The zero-order valence-corrected chi connectivity index (χ0v) is 15.0. The van der Waals surface area contributed by atoms with Crippen molar-refractivity contribution in [2.24, 2.45) is 0 Å². The summed E-state index contributed by atoms with van der Waals surface area (Å²) >= 11 is 0. The topological polar surface area (TPSA) is 72.9 Å². The van der Waals surface area contributed by atoms with Crippen LogP contribution in [0.15, 0.2) is 30.9 Å². The van der Waals surface area contributed by atoms with Crippen LogP contribution in [0.3, 0.4) is 0 Å². The number of nitrogens with zero attached hydrogens (tertiary/aromatic N) is 2. The molecule has 0 aliphatic carbocycles. The third kappa shape index (κ3) is 5.06. The van der Waals surface area contributed by atoms with Gasteiger partial charge in [0.15, 0.2) is 0 Å². The van der Waals surface area contributed by atoms with Gasteiger partial charge >= 0.3 is 0 Å². The molecule has 0 unspecified atom stereocenters. The van der Waals surface area contributed by atoms with Gasteiger partial charge in [0.2, 0.25) is 5.91 Å². The lowest BCUT2D eigenvalue weighted by Crippen LogP contribution is -2.51. The van der Waals surface area contributed by atoms with Crippen LogP contribution in [0.25, 0.3) is 0 Å². The molecule has 1 fully saturated rings. The predicted octanol–water partition coefficient (Wildman–Crippen LogP) is 1.58. The number of piperazine rings is 1. The zero-order valence-electron chi connectivity index (χ0n) is 15.0. The molecule has 1 aliphatic rings. The van der Waals surface area contributed by atoms with Crippen LogP contribution in [0, 0.1) is 0 Å². The normalized spacial score (nSPS) is 15.2. The molecular formula is C19H27N3O3. The number of benzene rings is 1. The van der Waals surface area contributed by atoms with E-state index in [-0.39, 0.29) is 23.5 Å². The summed E-state index contributed by atoms with van der Waals surface area (Å²) in [7, 11) is 0. The number of aromatic hydroxyl groups is 1. The van der Waals surface area contributed by atoms with E-state index in [2.05, 4.69) is 11.9 Å². The Morgan fingerprint density at radius 2 is 1.96 bits per heavy atom. The van der Waals surface area contributed by atoms with E-state index in [1.54, 1.807) is 29.2 Å². The first-order valence-corrected chi connectivity index (χ1v) is 8.64. The van der Waals surface area contributed by atoms with E-state index in [4.69, 9.17) is 0 Å². The Hall–Kier alpha value is -2.34. The van der Waals surface area contributed by atoms with Crippen LogP contribution in [-0.4, -0.2) is 66.0 Å². The van der Waals surface area contributed by atoms with Gasteiger partial charge in [-0.05, 0) is 29.7 Å². The summed E-state index contributed by atoms with van der Waals surface area (Å²) in [4.78, 5) is 28.3. The highest BCUT2D eigenvalue weighted by molar-refractivity contribution is 5.94. The van der Waals surface area contributed by atoms with Gasteiger partial charge in [-0.2, -0.15) is 0 Å². The standard InChI is InChI=1S/C19H27N3O3/c1-4-7-20-18(24)13-21-8-10-22(11-9-21)19(25)15-5-6-17(23)16(12-15)14(2)3/h4-6,12,14,23H,1,7-11,13H2,2-3H3,(H,20,24). The Morgan fingerprint density at radius 1 is 1.28 bits per heavy atom. The van der Waals surface area contributed by atoms with Crippen molar-refractivity contribution in [3.63, 3.8) is 0 Å². The van der Waals surface area contributed by atoms with Crippen molar-refractivity contribution in [1.82, 2.24) is 15.1 Å². The van der Waals surface area contributed by atoms with Crippen LogP contribution in [-0.2, 0) is 4.79 Å². The van der Waals surface area contributed by atoms with Crippen molar-refractivity contribution in [2.75, 3.05) is 39.3 Å². The van der Waals surface area contributed by atoms with E-state index >= 15 is 0 Å². The second kappa shape index (κ2) is 8.67. The quantitative estimate of drug-likeness (QED) is 0.768. The van der Waals surface area contributed by atoms with Gasteiger partial charge in [-0.25, -0.2) is 0 Å². The number of amides is 2. The third-order valence-corrected chi connectivity index (χ3v) is 4.37. The number of carbonyl (C=O) groups excluding carboxylic acids is 2. The number of hydrogen-bond donors (Lipinski definition) is 2. The molecule has 136 valence electrons. The van der Waals surface area contributed by atoms with E-state index in [0.29, 0.717) is 44.8 Å². The highest BCUT2D eigenvalue weighted by Gasteiger charge is 2.24. The van der Waals surface area contributed by atoms with E-state index in [0.717, 1.165) is 5.56 Å². The molecule has 1 aromatic rings. The lowest BCUT2D eigenvalue weighted by atomic mass is 9.99. The van der Waals surface area contributed by atoms with Gasteiger partial charge in [0.05, 0.1) is 6.54 Å². The largest absolute Gasteiger partial charge is 0.508 e. The molecule has 25 heavy (non-hydrogen) atoms. The molecule has 1 aliphatic heterocycles. The highest BCUT2D eigenvalue weighted by Crippen LogP contribution is 2.26. The van der Waals surface area contributed by atoms with Crippen molar-refractivity contribution in [1.29, 1.82) is 0 Å². The van der Waals surface area contributed by atoms with Gasteiger partial charge in [0, 0.05) is 38.3 Å². The van der Waals surface area contributed by atoms with Crippen molar-refractivity contribution in [2.45, 2.75) is 19.8 Å². The van der Waals surface area contributed by atoms with Crippen LogP contribution in [0.1, 0.15) is 35.7 Å². The number of phenolic OH excluding ortho intramolecular Hbond substituents is 1. The summed E-state index contributed by atoms with van der Waals surface area (Å²) in [6, 6.07) is 5.03. The molecule has 1 saturated heterocycles. The average molecular weight is 345 g/mol. The number of hydrogen-bond acceptors (Lipinski definition) is 4. The van der Waals surface area contributed by atoms with Crippen molar-refractivity contribution in [3.05, 3.63) is 42.0 Å². The van der Waals surface area contributed by atoms with Crippen LogP contribution >= 0.6 is 0 Å². The first-order chi connectivity index (χ1) is 11.9. The fourth-order valence-electron chi connectivity index (χ4n) is 2.89. The Labute approximate surface area is 149 Å². The van der Waals surface area contributed by atoms with Crippen LogP contribution < -0.4 is 5.32 Å². The minimum Gasteiger partial charge on any atom is -0.508 e. The number of carbonyl (C=O) groups is 2. The molecule has 0 saturated carbocycles. The molecule has 0 radical (unpaired) electrons. The Balaban J connectivity index is 1.92. The van der Waals surface area contributed by atoms with Crippen molar-refractivity contribution in [3.8, 4) is 5.75 Å². The summed E-state index contributed by atoms with van der Waals surface area (Å²) in [5.74, 6) is 0.318. The molecule has 2 rings (SSSR count). The minimum absolute atomic E-state index is 0.0280. The molecule has 0 atom stereocenters. The Morgan fingerprint density at radius 3 is 2.56 bits per heavy atom. The Bertz CT molecular complexity index is 635. The third-order valence-electron chi connectivity index (χ3n) is 4.37. The van der Waals surface area contributed by atoms with Crippen LogP contribution in [0.4, 0.5) is 0 Å². The zero-order chi connectivity index (χ0) is 18.4. The summed E-state index contributed by atoms with van der Waals surface area (Å²) in [5, 5.41) is 12.7. The lowest BCUT2D eigenvalue weighted by molar-refractivity contribution is -0.122. The summed E-state index contributed by atoms with van der Waals surface area (Å²) < 4.78 is 0. The van der Waals surface area contributed by atoms with Gasteiger partial charge in [0.1, 0.15) is 5.75 Å². The van der Waals surface area contributed by atoms with Gasteiger partial charge in [-0.1, -0.05) is 19.9 Å². The monoisotopic (exact) mass is 345 g/mol. The van der Waals surface area contributed by atoms with E-state index in [1.165, 1.54) is 0 Å². The maximum absolute atomic E-state index is 12.7. The predicted molar refractivity (Wildman–Crippen MR) is 97.7 cm³/mol. The van der Waals surface area contributed by atoms with E-state index < -0.39 is 0 Å². The molecule has 6 nitrogen and oxygen atoms in total. The van der Waals surface area contributed by atoms with Crippen molar-refractivity contribution < 1.29 is 14.7 Å². The molecule has 0 bridgehead atoms. The minimum atomic E-state index is -0.0299. The molecule has 0 aromatic heterocycles. The second-order valence-corrected chi connectivity index (χ2v) is 6.59. The van der Waals surface area contributed by atoms with E-state index in [1.807, 2.05) is 18.7 Å². The molecule has 2 amide bonds. The fourth-order valence-corrected chi connectivity index (χ4v) is 2.89. The van der Waals surface area contributed by atoms with Gasteiger partial charge in [0.25, 0.3) is 5.91 Å². The molecule has 2 N–H and O–H groups in total. The summed E-state index contributed by atoms with van der Waals surface area (Å²) in [6.07, 6.45) is 1.65.